The number of hydrogen-bond donors (Lipinski definition) is 1. The minimum absolute atomic E-state index is 0.477. The van der Waals surface area contributed by atoms with Crippen LogP contribution >= 0.6 is 0 Å². The second-order valence-electron chi connectivity index (χ2n) is 3.59. The Morgan fingerprint density at radius 1 is 1.50 bits per heavy atom. The molecule has 2 heterocycles. The molecule has 2 rings (SSSR count). The molecule has 0 aromatic carbocycles. The molecule has 0 aliphatic rings. The summed E-state index contributed by atoms with van der Waals surface area (Å²) in [7, 11) is 0. The Balaban J connectivity index is 2.36. The predicted octanol–water partition coefficient (Wildman–Crippen LogP) is 0.867. The van der Waals surface area contributed by atoms with Crippen molar-refractivity contribution in [2.45, 2.75) is 13.3 Å². The second-order valence-corrected chi connectivity index (χ2v) is 3.59. The summed E-state index contributed by atoms with van der Waals surface area (Å²) in [6.45, 7) is 2.83. The summed E-state index contributed by atoms with van der Waals surface area (Å²) in [4.78, 5) is 4.13. The molecule has 4 heteroatoms. The van der Waals surface area contributed by atoms with Crippen molar-refractivity contribution < 1.29 is 0 Å². The van der Waals surface area contributed by atoms with E-state index in [4.69, 9.17) is 5.73 Å². The van der Waals surface area contributed by atoms with Gasteiger partial charge in [0.2, 0.25) is 0 Å². The average Bonchev–Trinajstić information content (AvgIpc) is 2.66. The van der Waals surface area contributed by atoms with Crippen LogP contribution < -0.4 is 5.73 Å². The highest BCUT2D eigenvalue weighted by molar-refractivity contribution is 5.37. The molecule has 0 amide bonds. The lowest BCUT2D eigenvalue weighted by Gasteiger charge is -2.08. The molecule has 0 saturated carbocycles. The molecular weight excluding hydrogens is 176 g/mol. The first kappa shape index (κ1) is 9.15. The normalized spacial score (nSPS) is 13.3. The molecule has 14 heavy (non-hydrogen) atoms. The molecule has 0 aliphatic carbocycles. The van der Waals surface area contributed by atoms with Gasteiger partial charge in [-0.3, -0.25) is 0 Å². The lowest BCUT2D eigenvalue weighted by molar-refractivity contribution is 0.574. The zero-order valence-electron chi connectivity index (χ0n) is 8.22. The summed E-state index contributed by atoms with van der Waals surface area (Å²) >= 11 is 0. The highest BCUT2D eigenvalue weighted by Crippen LogP contribution is 2.08. The molecule has 0 bridgehead atoms. The van der Waals surface area contributed by atoms with Gasteiger partial charge in [-0.1, -0.05) is 13.0 Å². The Kier molecular flexibility index (Phi) is 2.45. The largest absolute Gasteiger partial charge is 0.330 e. The fourth-order valence-electron chi connectivity index (χ4n) is 1.50. The van der Waals surface area contributed by atoms with E-state index in [2.05, 4.69) is 23.1 Å². The summed E-state index contributed by atoms with van der Waals surface area (Å²) in [5.74, 6) is 0.477. The highest BCUT2D eigenvalue weighted by atomic mass is 15.3. The Morgan fingerprint density at radius 3 is 3.14 bits per heavy atom. The van der Waals surface area contributed by atoms with Crippen LogP contribution in [0.25, 0.3) is 5.65 Å². The maximum absolute atomic E-state index is 5.59. The third-order valence-electron chi connectivity index (χ3n) is 2.34. The molecule has 0 spiro atoms. The third-order valence-corrected chi connectivity index (χ3v) is 2.34. The van der Waals surface area contributed by atoms with Crippen LogP contribution in [0.2, 0.25) is 0 Å². The van der Waals surface area contributed by atoms with Crippen LogP contribution in [0.3, 0.4) is 0 Å². The summed E-state index contributed by atoms with van der Waals surface area (Å²) in [5, 5.41) is 4.17. The van der Waals surface area contributed by atoms with Crippen LogP contribution in [-0.4, -0.2) is 21.1 Å². The number of hydrogen-bond acceptors (Lipinski definition) is 3. The number of nitrogens with two attached hydrogens (primary N) is 1. The van der Waals surface area contributed by atoms with Crippen LogP contribution in [0.5, 0.6) is 0 Å². The maximum Gasteiger partial charge on any atom is 0.155 e. The van der Waals surface area contributed by atoms with E-state index in [0.29, 0.717) is 12.5 Å². The van der Waals surface area contributed by atoms with Crippen molar-refractivity contribution in [1.82, 2.24) is 14.6 Å². The minimum Gasteiger partial charge on any atom is -0.330 e. The summed E-state index contributed by atoms with van der Waals surface area (Å²) in [6.07, 6.45) is 2.52. The number of nitrogens with zero attached hydrogens (tertiary/aromatic N) is 3. The van der Waals surface area contributed by atoms with Gasteiger partial charge in [-0.2, -0.15) is 5.10 Å². The van der Waals surface area contributed by atoms with Crippen molar-refractivity contribution in [3.8, 4) is 0 Å². The van der Waals surface area contributed by atoms with E-state index >= 15 is 0 Å². The van der Waals surface area contributed by atoms with Crippen molar-refractivity contribution in [3.63, 3.8) is 0 Å². The predicted molar refractivity (Wildman–Crippen MR) is 54.9 cm³/mol. The van der Waals surface area contributed by atoms with Gasteiger partial charge in [0.25, 0.3) is 0 Å². The summed E-state index contributed by atoms with van der Waals surface area (Å²) < 4.78 is 1.87. The van der Waals surface area contributed by atoms with Crippen molar-refractivity contribution >= 4 is 5.65 Å². The molecule has 0 radical (unpaired) electrons. The highest BCUT2D eigenvalue weighted by Gasteiger charge is 2.05. The van der Waals surface area contributed by atoms with Crippen LogP contribution in [0.1, 0.15) is 12.6 Å². The molecule has 2 aromatic rings. The molecule has 4 nitrogen and oxygen atoms in total. The van der Waals surface area contributed by atoms with E-state index in [0.717, 1.165) is 17.8 Å². The Hall–Kier alpha value is -1.42. The number of rotatable bonds is 3. The van der Waals surface area contributed by atoms with Gasteiger partial charge in [0.15, 0.2) is 5.65 Å². The first-order valence-electron chi connectivity index (χ1n) is 4.79. The van der Waals surface area contributed by atoms with Gasteiger partial charge in [-0.15, -0.1) is 0 Å². The smallest absolute Gasteiger partial charge is 0.155 e. The molecule has 1 atom stereocenters. The van der Waals surface area contributed by atoms with Gasteiger partial charge >= 0.3 is 0 Å². The van der Waals surface area contributed by atoms with Crippen LogP contribution in [0.15, 0.2) is 24.5 Å². The van der Waals surface area contributed by atoms with Crippen molar-refractivity contribution in [1.29, 1.82) is 0 Å². The van der Waals surface area contributed by atoms with Crippen LogP contribution in [-0.2, 0) is 6.42 Å². The van der Waals surface area contributed by atoms with Gasteiger partial charge in [-0.05, 0) is 31.0 Å². The van der Waals surface area contributed by atoms with E-state index < -0.39 is 0 Å². The van der Waals surface area contributed by atoms with E-state index in [1.807, 2.05) is 16.6 Å². The quantitative estimate of drug-likeness (QED) is 0.781. The fourth-order valence-corrected chi connectivity index (χ4v) is 1.50. The zero-order valence-corrected chi connectivity index (χ0v) is 8.22. The second kappa shape index (κ2) is 3.75. The van der Waals surface area contributed by atoms with Gasteiger partial charge in [0, 0.05) is 5.69 Å². The first-order chi connectivity index (χ1) is 6.81. The number of fused-ring (bicyclic) bond motifs is 1. The lowest BCUT2D eigenvalue weighted by Crippen LogP contribution is -2.15. The van der Waals surface area contributed by atoms with E-state index in [1.54, 1.807) is 6.33 Å². The zero-order chi connectivity index (χ0) is 9.97. The van der Waals surface area contributed by atoms with Gasteiger partial charge < -0.3 is 5.73 Å². The van der Waals surface area contributed by atoms with Gasteiger partial charge in [0.1, 0.15) is 6.33 Å². The SMILES string of the molecule is CC(CN)Cc1cccc2ncnn12. The molecular formula is C10H14N4. The molecule has 74 valence electrons. The molecule has 2 N–H and O–H groups in total. The van der Waals surface area contributed by atoms with Gasteiger partial charge in [0.05, 0.1) is 0 Å². The monoisotopic (exact) mass is 190 g/mol. The lowest BCUT2D eigenvalue weighted by atomic mass is 10.1. The van der Waals surface area contributed by atoms with Crippen molar-refractivity contribution in [2.24, 2.45) is 11.7 Å². The Labute approximate surface area is 82.8 Å². The Morgan fingerprint density at radius 2 is 2.36 bits per heavy atom. The van der Waals surface area contributed by atoms with Crippen molar-refractivity contribution in [2.75, 3.05) is 6.54 Å². The number of pyridine rings is 1. The first-order valence-corrected chi connectivity index (χ1v) is 4.79. The third kappa shape index (κ3) is 1.61. The Bertz CT molecular complexity index is 421. The summed E-state index contributed by atoms with van der Waals surface area (Å²) in [6, 6.07) is 6.01. The van der Waals surface area contributed by atoms with E-state index in [9.17, 15) is 0 Å². The van der Waals surface area contributed by atoms with Gasteiger partial charge in [-0.25, -0.2) is 9.50 Å². The van der Waals surface area contributed by atoms with Crippen molar-refractivity contribution in [3.05, 3.63) is 30.2 Å². The van der Waals surface area contributed by atoms with E-state index in [-0.39, 0.29) is 0 Å². The summed E-state index contributed by atoms with van der Waals surface area (Å²) in [5.41, 5.74) is 7.65. The van der Waals surface area contributed by atoms with E-state index in [1.165, 1.54) is 0 Å². The molecule has 1 unspecified atom stereocenters. The molecule has 0 aliphatic heterocycles. The fraction of sp³-hybridized carbons (Fsp3) is 0.400. The standard InChI is InChI=1S/C10H14N4/c1-8(6-11)5-9-3-2-4-10-12-7-13-14(9)10/h2-4,7-8H,5-6,11H2,1H3. The van der Waals surface area contributed by atoms with Crippen LogP contribution in [0.4, 0.5) is 0 Å². The molecule has 0 fully saturated rings. The topological polar surface area (TPSA) is 56.2 Å². The number of aromatic nitrogens is 3. The average molecular weight is 190 g/mol. The molecule has 2 aromatic heterocycles. The maximum atomic E-state index is 5.59. The molecule has 0 saturated heterocycles. The minimum atomic E-state index is 0.477. The van der Waals surface area contributed by atoms with Crippen LogP contribution in [0, 0.1) is 5.92 Å².